The lowest BCUT2D eigenvalue weighted by molar-refractivity contribution is -0.139. The third-order valence-electron chi connectivity index (χ3n) is 1.41. The first-order chi connectivity index (χ1) is 6.12. The lowest BCUT2D eigenvalue weighted by atomic mass is 10.1. The van der Waals surface area contributed by atoms with E-state index in [1.54, 1.807) is 0 Å². The second-order valence-corrected chi connectivity index (χ2v) is 3.39. The summed E-state index contributed by atoms with van der Waals surface area (Å²) in [5.41, 5.74) is 0. The van der Waals surface area contributed by atoms with Crippen molar-refractivity contribution in [1.29, 1.82) is 0 Å². The van der Waals surface area contributed by atoms with Gasteiger partial charge in [-0.25, -0.2) is 8.78 Å². The molecule has 0 aliphatic rings. The highest BCUT2D eigenvalue weighted by Crippen LogP contribution is 2.30. The molecule has 0 amide bonds. The Balaban J connectivity index is 3.82. The molecule has 0 aliphatic carbocycles. The van der Waals surface area contributed by atoms with Crippen molar-refractivity contribution in [2.75, 3.05) is 0 Å². The molecule has 0 spiro atoms. The first-order valence-electron chi connectivity index (χ1n) is 3.79. The number of alkyl halides is 5. The zero-order valence-electron chi connectivity index (χ0n) is 7.07. The predicted molar refractivity (Wildman–Crippen MR) is 43.5 cm³/mol. The Morgan fingerprint density at radius 1 is 1.07 bits per heavy atom. The van der Waals surface area contributed by atoms with Crippen LogP contribution in [0.5, 0.6) is 0 Å². The van der Waals surface area contributed by atoms with Crippen molar-refractivity contribution in [2.45, 2.75) is 37.8 Å². The van der Waals surface area contributed by atoms with Crippen molar-refractivity contribution in [3.05, 3.63) is 0 Å². The topological polar surface area (TPSA) is 17.1 Å². The van der Waals surface area contributed by atoms with Gasteiger partial charge in [0.05, 0.1) is 6.42 Å². The van der Waals surface area contributed by atoms with Crippen molar-refractivity contribution in [2.24, 2.45) is 0 Å². The van der Waals surface area contributed by atoms with Gasteiger partial charge in [0, 0.05) is 12.8 Å². The van der Waals surface area contributed by atoms with E-state index in [2.05, 4.69) is 12.6 Å². The van der Waals surface area contributed by atoms with Crippen molar-refractivity contribution in [3.8, 4) is 0 Å². The van der Waals surface area contributed by atoms with Crippen LogP contribution in [0.4, 0.5) is 22.0 Å². The van der Waals surface area contributed by atoms with Crippen LogP contribution in [0.1, 0.15) is 25.7 Å². The second-order valence-electron chi connectivity index (χ2n) is 2.90. The first-order valence-corrected chi connectivity index (χ1v) is 4.23. The molecular weight excluding hydrogens is 227 g/mol. The fourth-order valence-electron chi connectivity index (χ4n) is 0.857. The number of rotatable bonds is 5. The van der Waals surface area contributed by atoms with Gasteiger partial charge in [0.25, 0.3) is 5.92 Å². The van der Waals surface area contributed by atoms with Crippen molar-refractivity contribution < 1.29 is 26.7 Å². The maximum atomic E-state index is 12.6. The standard InChI is InChI=1S/C7H9F5OS/c8-6(9,4-5(13)14)2-1-3-7(10,11)12/h1-4H2,(H,13,14). The third kappa shape index (κ3) is 8.28. The van der Waals surface area contributed by atoms with Crippen LogP contribution in [0.25, 0.3) is 0 Å². The van der Waals surface area contributed by atoms with Crippen LogP contribution in [-0.4, -0.2) is 17.2 Å². The van der Waals surface area contributed by atoms with Crippen LogP contribution in [0.2, 0.25) is 0 Å². The van der Waals surface area contributed by atoms with Gasteiger partial charge in [-0.05, 0) is 6.42 Å². The van der Waals surface area contributed by atoms with Crippen LogP contribution >= 0.6 is 12.6 Å². The van der Waals surface area contributed by atoms with Gasteiger partial charge in [0.15, 0.2) is 5.12 Å². The summed E-state index contributed by atoms with van der Waals surface area (Å²) in [6.07, 6.45) is -8.44. The van der Waals surface area contributed by atoms with Gasteiger partial charge in [-0.3, -0.25) is 4.79 Å². The summed E-state index contributed by atoms with van der Waals surface area (Å²) in [7, 11) is 0. The Morgan fingerprint density at radius 3 is 1.93 bits per heavy atom. The van der Waals surface area contributed by atoms with Crippen LogP contribution in [0.3, 0.4) is 0 Å². The van der Waals surface area contributed by atoms with Gasteiger partial charge < -0.3 is 0 Å². The number of hydrogen-bond acceptors (Lipinski definition) is 1. The average Bonchev–Trinajstić information content (AvgIpc) is 1.78. The monoisotopic (exact) mass is 236 g/mol. The van der Waals surface area contributed by atoms with E-state index < -0.39 is 42.9 Å². The van der Waals surface area contributed by atoms with Gasteiger partial charge in [-0.2, -0.15) is 13.2 Å². The second kappa shape index (κ2) is 4.95. The number of carbonyl (C=O) groups is 1. The highest BCUT2D eigenvalue weighted by Gasteiger charge is 2.33. The zero-order chi connectivity index (χ0) is 11.4. The maximum Gasteiger partial charge on any atom is 0.389 e. The number of halogens is 5. The molecule has 1 nitrogen and oxygen atoms in total. The molecule has 0 aliphatic heterocycles. The van der Waals surface area contributed by atoms with E-state index in [9.17, 15) is 26.7 Å². The Bertz CT molecular complexity index is 201. The van der Waals surface area contributed by atoms with Crippen LogP contribution in [0, 0.1) is 0 Å². The molecule has 0 rings (SSSR count). The molecule has 0 bridgehead atoms. The van der Waals surface area contributed by atoms with Gasteiger partial charge >= 0.3 is 6.18 Å². The van der Waals surface area contributed by atoms with E-state index in [0.29, 0.717) is 0 Å². The molecule has 0 atom stereocenters. The van der Waals surface area contributed by atoms with E-state index in [1.807, 2.05) is 0 Å². The Labute approximate surface area is 83.1 Å². The molecule has 0 radical (unpaired) electrons. The molecule has 0 unspecified atom stereocenters. The average molecular weight is 236 g/mol. The summed E-state index contributed by atoms with van der Waals surface area (Å²) in [4.78, 5) is 10.2. The summed E-state index contributed by atoms with van der Waals surface area (Å²) >= 11 is 3.13. The van der Waals surface area contributed by atoms with E-state index in [1.165, 1.54) is 0 Å². The van der Waals surface area contributed by atoms with E-state index in [-0.39, 0.29) is 0 Å². The first kappa shape index (κ1) is 13.7. The van der Waals surface area contributed by atoms with E-state index >= 15 is 0 Å². The molecule has 0 saturated heterocycles. The molecule has 0 aromatic carbocycles. The molecule has 0 aromatic rings. The number of thiol groups is 1. The number of hydrogen-bond donors (Lipinski definition) is 1. The fourth-order valence-corrected chi connectivity index (χ4v) is 1.09. The van der Waals surface area contributed by atoms with Crippen LogP contribution < -0.4 is 0 Å². The molecule has 84 valence electrons. The summed E-state index contributed by atoms with van der Waals surface area (Å²) in [6, 6.07) is 0. The SMILES string of the molecule is O=C(S)CC(F)(F)CCCC(F)(F)F. The maximum absolute atomic E-state index is 12.6. The highest BCUT2D eigenvalue weighted by molar-refractivity contribution is 7.96. The molecule has 14 heavy (non-hydrogen) atoms. The molecule has 7 heteroatoms. The lowest BCUT2D eigenvalue weighted by Gasteiger charge is -2.14. The largest absolute Gasteiger partial charge is 0.389 e. The molecule has 0 heterocycles. The summed E-state index contributed by atoms with van der Waals surface area (Å²) in [6.45, 7) is 0. The quantitative estimate of drug-likeness (QED) is 0.573. The zero-order valence-corrected chi connectivity index (χ0v) is 7.97. The number of carbonyl (C=O) groups excluding carboxylic acids is 1. The summed E-state index contributed by atoms with van der Waals surface area (Å²) in [5.74, 6) is -3.38. The molecular formula is C7H9F5OS. The molecule has 0 N–H and O–H groups in total. The minimum absolute atomic E-state index is 0.683. The minimum atomic E-state index is -4.43. The minimum Gasteiger partial charge on any atom is -0.287 e. The van der Waals surface area contributed by atoms with Crippen molar-refractivity contribution in [3.63, 3.8) is 0 Å². The highest BCUT2D eigenvalue weighted by atomic mass is 32.1. The lowest BCUT2D eigenvalue weighted by Crippen LogP contribution is -2.20. The smallest absolute Gasteiger partial charge is 0.287 e. The van der Waals surface area contributed by atoms with Gasteiger partial charge in [0.2, 0.25) is 0 Å². The predicted octanol–water partition coefficient (Wildman–Crippen LogP) is 3.20. The van der Waals surface area contributed by atoms with Gasteiger partial charge in [-0.1, -0.05) is 0 Å². The van der Waals surface area contributed by atoms with Gasteiger partial charge in [-0.15, -0.1) is 12.6 Å². The normalized spacial score (nSPS) is 13.0. The van der Waals surface area contributed by atoms with Crippen molar-refractivity contribution >= 4 is 17.7 Å². The fraction of sp³-hybridized carbons (Fsp3) is 0.857. The van der Waals surface area contributed by atoms with Crippen LogP contribution in [0.15, 0.2) is 0 Å². The molecule has 0 fully saturated rings. The molecule has 0 aromatic heterocycles. The Hall–Kier alpha value is -0.330. The Morgan fingerprint density at radius 2 is 1.57 bits per heavy atom. The Kier molecular flexibility index (Phi) is 4.83. The van der Waals surface area contributed by atoms with Gasteiger partial charge in [0.1, 0.15) is 0 Å². The van der Waals surface area contributed by atoms with E-state index in [0.717, 1.165) is 0 Å². The molecule has 0 saturated carbocycles. The van der Waals surface area contributed by atoms with E-state index in [4.69, 9.17) is 0 Å². The summed E-state index contributed by atoms with van der Waals surface area (Å²) < 4.78 is 59.9. The third-order valence-corrected chi connectivity index (χ3v) is 1.57. The van der Waals surface area contributed by atoms with Crippen molar-refractivity contribution in [1.82, 2.24) is 0 Å². The summed E-state index contributed by atoms with van der Waals surface area (Å²) in [5, 5.41) is -1.03. The van der Waals surface area contributed by atoms with Crippen LogP contribution in [-0.2, 0) is 4.79 Å².